The fraction of sp³-hybridized carbons (Fsp3) is 0.368. The van der Waals surface area contributed by atoms with Crippen LogP contribution in [0.2, 0.25) is 10.0 Å². The summed E-state index contributed by atoms with van der Waals surface area (Å²) in [5.74, 6) is 0. The number of thioether (sulfide) groups is 1. The van der Waals surface area contributed by atoms with Crippen molar-refractivity contribution in [1.82, 2.24) is 14.4 Å². The van der Waals surface area contributed by atoms with Gasteiger partial charge in [0, 0.05) is 29.6 Å². The molecule has 0 radical (unpaired) electrons. The Hall–Kier alpha value is -1.27. The zero-order chi connectivity index (χ0) is 18.7. The van der Waals surface area contributed by atoms with Crippen molar-refractivity contribution in [1.29, 1.82) is 0 Å². The zero-order valence-electron chi connectivity index (χ0n) is 15.0. The maximum absolute atomic E-state index is 6.42. The van der Waals surface area contributed by atoms with E-state index in [0.717, 1.165) is 40.5 Å². The maximum Gasteiger partial charge on any atom is 0.165 e. The van der Waals surface area contributed by atoms with Gasteiger partial charge in [0.25, 0.3) is 0 Å². The molecule has 0 fully saturated rings. The molecule has 0 saturated heterocycles. The highest BCUT2D eigenvalue weighted by Crippen LogP contribution is 2.36. The molecule has 0 aliphatic heterocycles. The molecule has 0 N–H and O–H groups in total. The van der Waals surface area contributed by atoms with Gasteiger partial charge in [0.15, 0.2) is 5.65 Å². The summed E-state index contributed by atoms with van der Waals surface area (Å²) in [6, 6.07) is 5.42. The highest BCUT2D eigenvalue weighted by atomic mass is 35.5. The molecule has 2 aromatic heterocycles. The second-order valence-electron chi connectivity index (χ2n) is 5.83. The summed E-state index contributed by atoms with van der Waals surface area (Å²) in [6.07, 6.45) is 7.71. The Morgan fingerprint density at radius 2 is 2.08 bits per heavy atom. The first-order valence-electron chi connectivity index (χ1n) is 8.58. The van der Waals surface area contributed by atoms with Crippen molar-refractivity contribution < 1.29 is 4.74 Å². The molecule has 26 heavy (non-hydrogen) atoms. The molecule has 0 amide bonds. The Morgan fingerprint density at radius 1 is 1.27 bits per heavy atom. The first kappa shape index (κ1) is 19.5. The summed E-state index contributed by atoms with van der Waals surface area (Å²) in [7, 11) is 0. The van der Waals surface area contributed by atoms with Crippen LogP contribution in [0.3, 0.4) is 0 Å². The fourth-order valence-electron chi connectivity index (χ4n) is 3.05. The van der Waals surface area contributed by atoms with Gasteiger partial charge >= 0.3 is 0 Å². The molecule has 0 bridgehead atoms. The van der Waals surface area contributed by atoms with Crippen LogP contribution in [0.1, 0.15) is 38.5 Å². The lowest BCUT2D eigenvalue weighted by molar-refractivity contribution is 0.0501. The van der Waals surface area contributed by atoms with Crippen LogP contribution in [0.4, 0.5) is 0 Å². The van der Waals surface area contributed by atoms with Crippen LogP contribution in [-0.4, -0.2) is 27.2 Å². The van der Waals surface area contributed by atoms with E-state index in [9.17, 15) is 0 Å². The van der Waals surface area contributed by atoms with Gasteiger partial charge in [0.05, 0.1) is 10.7 Å². The average Bonchev–Trinajstić information content (AvgIpc) is 3.00. The number of hydrogen-bond acceptors (Lipinski definition) is 4. The Balaban J connectivity index is 2.23. The van der Waals surface area contributed by atoms with Crippen molar-refractivity contribution >= 4 is 40.6 Å². The van der Waals surface area contributed by atoms with E-state index in [1.165, 1.54) is 0 Å². The summed E-state index contributed by atoms with van der Waals surface area (Å²) in [4.78, 5) is 9.39. The second-order valence-corrected chi connectivity index (χ2v) is 7.47. The van der Waals surface area contributed by atoms with Crippen molar-refractivity contribution in [2.24, 2.45) is 0 Å². The summed E-state index contributed by atoms with van der Waals surface area (Å²) < 4.78 is 8.10. The fourth-order valence-corrected chi connectivity index (χ4v) is 4.17. The first-order valence-corrected chi connectivity index (χ1v) is 10.6. The second kappa shape index (κ2) is 8.61. The number of ether oxygens (including phenoxy) is 1. The van der Waals surface area contributed by atoms with Crippen molar-refractivity contribution in [3.05, 3.63) is 46.3 Å². The van der Waals surface area contributed by atoms with E-state index in [1.54, 1.807) is 24.0 Å². The predicted octanol–water partition coefficient (Wildman–Crippen LogP) is 6.30. The molecule has 0 saturated carbocycles. The van der Waals surface area contributed by atoms with Gasteiger partial charge in [0.1, 0.15) is 16.8 Å². The molecule has 7 heteroatoms. The quantitative estimate of drug-likeness (QED) is 0.429. The molecule has 138 valence electrons. The Kier molecular flexibility index (Phi) is 6.46. The molecule has 4 nitrogen and oxygen atoms in total. The third-order valence-electron chi connectivity index (χ3n) is 4.15. The maximum atomic E-state index is 6.42. The van der Waals surface area contributed by atoms with Crippen molar-refractivity contribution in [3.63, 3.8) is 0 Å². The van der Waals surface area contributed by atoms with Gasteiger partial charge < -0.3 is 4.74 Å². The van der Waals surface area contributed by atoms with Crippen LogP contribution >= 0.6 is 35.0 Å². The van der Waals surface area contributed by atoms with Crippen LogP contribution in [0.5, 0.6) is 0 Å². The van der Waals surface area contributed by atoms with Gasteiger partial charge in [-0.05, 0) is 37.8 Å². The molecule has 1 unspecified atom stereocenters. The molecule has 3 aromatic rings. The number of imidazole rings is 1. The van der Waals surface area contributed by atoms with E-state index < -0.39 is 0 Å². The van der Waals surface area contributed by atoms with Crippen molar-refractivity contribution in [2.75, 3.05) is 12.9 Å². The number of fused-ring (bicyclic) bond motifs is 1. The Bertz CT molecular complexity index is 907. The normalized spacial score (nSPS) is 12.7. The third-order valence-corrected chi connectivity index (χ3v) is 5.38. The summed E-state index contributed by atoms with van der Waals surface area (Å²) in [6.45, 7) is 4.84. The van der Waals surface area contributed by atoms with Crippen LogP contribution in [0, 0.1) is 0 Å². The molecule has 1 aromatic carbocycles. The van der Waals surface area contributed by atoms with Crippen molar-refractivity contribution in [2.45, 2.75) is 37.8 Å². The lowest BCUT2D eigenvalue weighted by Crippen LogP contribution is -2.08. The minimum absolute atomic E-state index is 0.00149. The van der Waals surface area contributed by atoms with E-state index in [4.69, 9.17) is 32.9 Å². The smallest absolute Gasteiger partial charge is 0.165 e. The zero-order valence-corrected chi connectivity index (χ0v) is 17.3. The molecule has 0 aliphatic carbocycles. The van der Waals surface area contributed by atoms with Crippen LogP contribution in [-0.2, 0) is 4.74 Å². The van der Waals surface area contributed by atoms with E-state index >= 15 is 0 Å². The van der Waals surface area contributed by atoms with E-state index in [0.29, 0.717) is 16.7 Å². The third kappa shape index (κ3) is 3.72. The van der Waals surface area contributed by atoms with Gasteiger partial charge in [-0.25, -0.2) is 4.98 Å². The number of rotatable bonds is 7. The number of nitrogens with zero attached hydrogens (tertiary/aromatic N) is 3. The minimum Gasteiger partial charge on any atom is -0.372 e. The van der Waals surface area contributed by atoms with Crippen molar-refractivity contribution in [3.8, 4) is 11.3 Å². The Morgan fingerprint density at radius 3 is 2.73 bits per heavy atom. The standard InChI is InChI=1S/C19H21Cl2N3OS/c1-4-6-15(25-5-2)17-19(26-3)23-18-16(22-9-10-24(17)18)13-8-7-12(20)11-14(13)21/h7-11,15H,4-6H2,1-3H3. The molecular weight excluding hydrogens is 389 g/mol. The number of halogens is 2. The number of hydrogen-bond donors (Lipinski definition) is 0. The highest BCUT2D eigenvalue weighted by molar-refractivity contribution is 7.98. The van der Waals surface area contributed by atoms with Crippen LogP contribution in [0.15, 0.2) is 35.6 Å². The van der Waals surface area contributed by atoms with Crippen LogP contribution in [0.25, 0.3) is 16.9 Å². The van der Waals surface area contributed by atoms with Gasteiger partial charge in [-0.15, -0.1) is 11.8 Å². The van der Waals surface area contributed by atoms with Gasteiger partial charge in [-0.2, -0.15) is 0 Å². The molecule has 1 atom stereocenters. The number of aromatic nitrogens is 3. The summed E-state index contributed by atoms with van der Waals surface area (Å²) >= 11 is 14.1. The largest absolute Gasteiger partial charge is 0.372 e. The molecule has 0 spiro atoms. The molecule has 0 aliphatic rings. The summed E-state index contributed by atoms with van der Waals surface area (Å²) in [5, 5.41) is 2.11. The van der Waals surface area contributed by atoms with E-state index in [-0.39, 0.29) is 6.10 Å². The predicted molar refractivity (Wildman–Crippen MR) is 109 cm³/mol. The monoisotopic (exact) mass is 409 g/mol. The summed E-state index contributed by atoms with van der Waals surface area (Å²) in [5.41, 5.74) is 3.40. The SMILES string of the molecule is CCCC(OCC)c1c(SC)nc2c(-c3ccc(Cl)cc3Cl)nccn12. The molecular formula is C19H21Cl2N3OS. The Labute approximate surface area is 167 Å². The van der Waals surface area contributed by atoms with E-state index in [1.807, 2.05) is 31.5 Å². The van der Waals surface area contributed by atoms with Gasteiger partial charge in [-0.1, -0.05) is 36.5 Å². The van der Waals surface area contributed by atoms with Gasteiger partial charge in [0.2, 0.25) is 0 Å². The molecule has 2 heterocycles. The van der Waals surface area contributed by atoms with E-state index in [2.05, 4.69) is 16.3 Å². The highest BCUT2D eigenvalue weighted by Gasteiger charge is 2.23. The van der Waals surface area contributed by atoms with Gasteiger partial charge in [-0.3, -0.25) is 9.38 Å². The number of benzene rings is 1. The van der Waals surface area contributed by atoms with Crippen LogP contribution < -0.4 is 0 Å². The lowest BCUT2D eigenvalue weighted by Gasteiger charge is -2.17. The average molecular weight is 410 g/mol. The molecule has 3 rings (SSSR count). The first-order chi connectivity index (χ1) is 12.6. The lowest BCUT2D eigenvalue weighted by atomic mass is 10.1. The minimum atomic E-state index is -0.00149. The topological polar surface area (TPSA) is 39.4 Å².